The van der Waals surface area contributed by atoms with Gasteiger partial charge in [0, 0.05) is 6.42 Å². The number of ether oxygens (including phenoxy) is 2. The number of methoxy groups -OCH3 is 1. The standard InChI is InChI=1S/C20H24FNO3/c1-5-14-11-16(21)19(10-13(14)3)25-12-15-17(22-20(23)6-2)8-7-9-18(15)24-4/h7-11H,5-6,12H2,1-4H3,(H,22,23). The summed E-state index contributed by atoms with van der Waals surface area (Å²) in [6.07, 6.45) is 1.13. The van der Waals surface area contributed by atoms with E-state index in [-0.39, 0.29) is 18.3 Å². The zero-order valence-corrected chi connectivity index (χ0v) is 15.1. The van der Waals surface area contributed by atoms with Gasteiger partial charge in [-0.2, -0.15) is 0 Å². The summed E-state index contributed by atoms with van der Waals surface area (Å²) < 4.78 is 25.3. The number of carbonyl (C=O) groups is 1. The van der Waals surface area contributed by atoms with Crippen LogP contribution in [0.15, 0.2) is 30.3 Å². The predicted octanol–water partition coefficient (Wildman–Crippen LogP) is 4.63. The maximum atomic E-state index is 14.2. The average Bonchev–Trinajstić information content (AvgIpc) is 2.62. The highest BCUT2D eigenvalue weighted by Gasteiger charge is 2.14. The topological polar surface area (TPSA) is 47.6 Å². The summed E-state index contributed by atoms with van der Waals surface area (Å²) in [5.74, 6) is 0.268. The van der Waals surface area contributed by atoms with Crippen LogP contribution in [0.1, 0.15) is 37.0 Å². The highest BCUT2D eigenvalue weighted by molar-refractivity contribution is 5.91. The number of halogens is 1. The van der Waals surface area contributed by atoms with Crippen molar-refractivity contribution in [3.8, 4) is 11.5 Å². The number of anilines is 1. The molecule has 0 aliphatic carbocycles. The van der Waals surface area contributed by atoms with Crippen LogP contribution in [0.3, 0.4) is 0 Å². The summed E-state index contributed by atoms with van der Waals surface area (Å²) in [7, 11) is 1.55. The van der Waals surface area contributed by atoms with Gasteiger partial charge in [-0.25, -0.2) is 4.39 Å². The molecule has 0 bridgehead atoms. The van der Waals surface area contributed by atoms with Crippen LogP contribution in [0.2, 0.25) is 0 Å². The lowest BCUT2D eigenvalue weighted by atomic mass is 10.1. The Bertz CT molecular complexity index is 759. The van der Waals surface area contributed by atoms with Crippen molar-refractivity contribution in [2.45, 2.75) is 40.2 Å². The first-order chi connectivity index (χ1) is 12.0. The van der Waals surface area contributed by atoms with Gasteiger partial charge in [-0.15, -0.1) is 0 Å². The molecule has 0 fully saturated rings. The summed E-state index contributed by atoms with van der Waals surface area (Å²) in [4.78, 5) is 11.7. The number of carbonyl (C=O) groups excluding carboxylic acids is 1. The summed E-state index contributed by atoms with van der Waals surface area (Å²) in [5, 5.41) is 2.82. The van der Waals surface area contributed by atoms with Crippen molar-refractivity contribution in [1.29, 1.82) is 0 Å². The smallest absolute Gasteiger partial charge is 0.224 e. The molecule has 0 spiro atoms. The first-order valence-corrected chi connectivity index (χ1v) is 8.37. The van der Waals surface area contributed by atoms with E-state index in [1.807, 2.05) is 13.8 Å². The van der Waals surface area contributed by atoms with Crippen LogP contribution >= 0.6 is 0 Å². The van der Waals surface area contributed by atoms with Crippen molar-refractivity contribution in [3.05, 3.63) is 52.8 Å². The monoisotopic (exact) mass is 345 g/mol. The molecule has 25 heavy (non-hydrogen) atoms. The molecule has 0 aliphatic heterocycles. The Labute approximate surface area is 148 Å². The number of benzene rings is 2. The van der Waals surface area contributed by atoms with Crippen molar-refractivity contribution in [2.75, 3.05) is 12.4 Å². The van der Waals surface area contributed by atoms with Crippen LogP contribution in [0.5, 0.6) is 11.5 Å². The van der Waals surface area contributed by atoms with Crippen molar-refractivity contribution in [1.82, 2.24) is 0 Å². The molecule has 2 aromatic rings. The van der Waals surface area contributed by atoms with Crippen molar-refractivity contribution in [3.63, 3.8) is 0 Å². The molecule has 2 aromatic carbocycles. The van der Waals surface area contributed by atoms with Gasteiger partial charge in [0.1, 0.15) is 12.4 Å². The molecule has 134 valence electrons. The van der Waals surface area contributed by atoms with Crippen molar-refractivity contribution < 1.29 is 18.7 Å². The van der Waals surface area contributed by atoms with E-state index >= 15 is 0 Å². The Morgan fingerprint density at radius 1 is 1.20 bits per heavy atom. The molecule has 0 radical (unpaired) electrons. The van der Waals surface area contributed by atoms with Gasteiger partial charge in [-0.1, -0.05) is 19.9 Å². The molecule has 5 heteroatoms. The fourth-order valence-electron chi connectivity index (χ4n) is 2.60. The average molecular weight is 345 g/mol. The minimum absolute atomic E-state index is 0.0885. The van der Waals surface area contributed by atoms with E-state index in [0.29, 0.717) is 23.4 Å². The molecule has 0 atom stereocenters. The largest absolute Gasteiger partial charge is 0.496 e. The highest BCUT2D eigenvalue weighted by atomic mass is 19.1. The summed E-state index contributed by atoms with van der Waals surface area (Å²) in [6.45, 7) is 5.78. The number of hydrogen-bond donors (Lipinski definition) is 1. The minimum atomic E-state index is -0.392. The maximum Gasteiger partial charge on any atom is 0.224 e. The normalized spacial score (nSPS) is 10.4. The van der Waals surface area contributed by atoms with Gasteiger partial charge < -0.3 is 14.8 Å². The SMILES string of the molecule is CCC(=O)Nc1cccc(OC)c1COc1cc(C)c(CC)cc1F. The number of amides is 1. The van der Waals surface area contributed by atoms with Crippen LogP contribution in [-0.4, -0.2) is 13.0 Å². The van der Waals surface area contributed by atoms with Crippen molar-refractivity contribution >= 4 is 11.6 Å². The molecular weight excluding hydrogens is 321 g/mol. The third-order valence-corrected chi connectivity index (χ3v) is 4.09. The lowest BCUT2D eigenvalue weighted by molar-refractivity contribution is -0.115. The molecule has 0 aliphatic rings. The van der Waals surface area contributed by atoms with E-state index in [0.717, 1.165) is 17.5 Å². The van der Waals surface area contributed by atoms with Gasteiger partial charge in [0.15, 0.2) is 11.6 Å². The Kier molecular flexibility index (Phi) is 6.39. The second kappa shape index (κ2) is 8.51. The van der Waals surface area contributed by atoms with Gasteiger partial charge in [-0.3, -0.25) is 4.79 Å². The molecule has 0 unspecified atom stereocenters. The number of hydrogen-bond acceptors (Lipinski definition) is 3. The van der Waals surface area contributed by atoms with E-state index in [4.69, 9.17) is 9.47 Å². The van der Waals surface area contributed by atoms with Gasteiger partial charge in [0.25, 0.3) is 0 Å². The first kappa shape index (κ1) is 18.8. The fourth-order valence-corrected chi connectivity index (χ4v) is 2.60. The van der Waals surface area contributed by atoms with E-state index in [9.17, 15) is 9.18 Å². The molecule has 4 nitrogen and oxygen atoms in total. The molecule has 1 N–H and O–H groups in total. The van der Waals surface area contributed by atoms with Crippen LogP contribution in [0.25, 0.3) is 0 Å². The summed E-state index contributed by atoms with van der Waals surface area (Å²) in [6, 6.07) is 8.55. The number of rotatable bonds is 7. The molecule has 2 rings (SSSR count). The Morgan fingerprint density at radius 3 is 2.60 bits per heavy atom. The molecule has 1 amide bonds. The molecular formula is C20H24FNO3. The van der Waals surface area contributed by atoms with E-state index in [1.165, 1.54) is 6.07 Å². The van der Waals surface area contributed by atoms with Crippen LogP contribution in [-0.2, 0) is 17.8 Å². The summed E-state index contributed by atoms with van der Waals surface area (Å²) in [5.41, 5.74) is 3.22. The van der Waals surface area contributed by atoms with Gasteiger partial charge >= 0.3 is 0 Å². The number of aryl methyl sites for hydroxylation is 2. The van der Waals surface area contributed by atoms with Gasteiger partial charge in [0.2, 0.25) is 5.91 Å². The first-order valence-electron chi connectivity index (χ1n) is 8.37. The van der Waals surface area contributed by atoms with E-state index in [1.54, 1.807) is 38.3 Å². The summed E-state index contributed by atoms with van der Waals surface area (Å²) >= 11 is 0. The Hall–Kier alpha value is -2.56. The Morgan fingerprint density at radius 2 is 1.96 bits per heavy atom. The maximum absolute atomic E-state index is 14.2. The van der Waals surface area contributed by atoms with Crippen LogP contribution in [0.4, 0.5) is 10.1 Å². The molecule has 0 aromatic heterocycles. The molecule has 0 heterocycles. The van der Waals surface area contributed by atoms with Crippen molar-refractivity contribution in [2.24, 2.45) is 0 Å². The second-order valence-electron chi connectivity index (χ2n) is 5.74. The highest BCUT2D eigenvalue weighted by Crippen LogP contribution is 2.30. The third kappa shape index (κ3) is 4.50. The van der Waals surface area contributed by atoms with E-state index < -0.39 is 5.82 Å². The lowest BCUT2D eigenvalue weighted by Gasteiger charge is -2.16. The number of nitrogens with one attached hydrogen (secondary N) is 1. The predicted molar refractivity (Wildman–Crippen MR) is 96.8 cm³/mol. The third-order valence-electron chi connectivity index (χ3n) is 4.09. The fraction of sp³-hybridized carbons (Fsp3) is 0.350. The van der Waals surface area contributed by atoms with Gasteiger partial charge in [0.05, 0.1) is 18.4 Å². The minimum Gasteiger partial charge on any atom is -0.496 e. The van der Waals surface area contributed by atoms with Crippen LogP contribution in [0, 0.1) is 12.7 Å². The Balaban J connectivity index is 2.28. The zero-order valence-electron chi connectivity index (χ0n) is 15.1. The van der Waals surface area contributed by atoms with Crippen LogP contribution < -0.4 is 14.8 Å². The second-order valence-corrected chi connectivity index (χ2v) is 5.74. The molecule has 0 saturated heterocycles. The zero-order chi connectivity index (χ0) is 18.4. The van der Waals surface area contributed by atoms with E-state index in [2.05, 4.69) is 5.32 Å². The molecule has 0 saturated carbocycles. The van der Waals surface area contributed by atoms with Gasteiger partial charge in [-0.05, 0) is 48.7 Å². The lowest BCUT2D eigenvalue weighted by Crippen LogP contribution is -2.13. The quantitative estimate of drug-likeness (QED) is 0.796.